The second kappa shape index (κ2) is 7.98. The predicted molar refractivity (Wildman–Crippen MR) is 106 cm³/mol. The van der Waals surface area contributed by atoms with Crippen LogP contribution in [0.2, 0.25) is 10.0 Å². The number of carbonyl (C=O) groups is 3. The molecule has 6 nitrogen and oxygen atoms in total. The first kappa shape index (κ1) is 19.2. The van der Waals surface area contributed by atoms with Gasteiger partial charge in [-0.25, -0.2) is 0 Å². The maximum absolute atomic E-state index is 12.5. The van der Waals surface area contributed by atoms with Gasteiger partial charge in [0.25, 0.3) is 0 Å². The van der Waals surface area contributed by atoms with Crippen molar-refractivity contribution in [2.75, 3.05) is 22.1 Å². The van der Waals surface area contributed by atoms with Crippen molar-refractivity contribution < 1.29 is 14.4 Å². The fraction of sp³-hybridized carbons (Fsp3) is 0.211. The van der Waals surface area contributed by atoms with Crippen molar-refractivity contribution in [3.8, 4) is 0 Å². The van der Waals surface area contributed by atoms with Crippen LogP contribution in [-0.2, 0) is 14.4 Å². The van der Waals surface area contributed by atoms with Crippen LogP contribution in [0.15, 0.2) is 42.5 Å². The quantitative estimate of drug-likeness (QED) is 0.807. The molecule has 1 aliphatic rings. The summed E-state index contributed by atoms with van der Waals surface area (Å²) >= 11 is 12.2. The molecule has 3 rings (SSSR count). The molecule has 0 aromatic heterocycles. The van der Waals surface area contributed by atoms with Crippen LogP contribution < -0.4 is 15.5 Å². The molecule has 8 heteroatoms. The minimum atomic E-state index is -0.498. The Balaban J connectivity index is 1.67. The maximum Gasteiger partial charge on any atom is 0.229 e. The van der Waals surface area contributed by atoms with Gasteiger partial charge in [-0.1, -0.05) is 29.3 Å². The molecule has 2 aromatic carbocycles. The highest BCUT2D eigenvalue weighted by Gasteiger charge is 2.36. The second-order valence-electron chi connectivity index (χ2n) is 6.23. The lowest BCUT2D eigenvalue weighted by Crippen LogP contribution is -2.28. The minimum absolute atomic E-state index is 0.0959. The molecule has 1 aliphatic heterocycles. The van der Waals surface area contributed by atoms with E-state index in [1.807, 2.05) is 0 Å². The second-order valence-corrected chi connectivity index (χ2v) is 7.01. The molecule has 1 heterocycles. The summed E-state index contributed by atoms with van der Waals surface area (Å²) < 4.78 is 0. The zero-order chi connectivity index (χ0) is 19.6. The normalized spacial score (nSPS) is 16.3. The summed E-state index contributed by atoms with van der Waals surface area (Å²) in [4.78, 5) is 37.4. The monoisotopic (exact) mass is 405 g/mol. The van der Waals surface area contributed by atoms with Gasteiger partial charge in [-0.2, -0.15) is 0 Å². The van der Waals surface area contributed by atoms with E-state index in [1.54, 1.807) is 42.5 Å². The molecule has 1 saturated heterocycles. The van der Waals surface area contributed by atoms with Crippen molar-refractivity contribution in [2.45, 2.75) is 13.3 Å². The zero-order valence-corrected chi connectivity index (χ0v) is 16.0. The SMILES string of the molecule is CC(=O)Nc1ccc(NC(=O)[C@@H]2CC(=O)N(c3cccc(Cl)c3Cl)C2)cc1. The number of hydrogen-bond acceptors (Lipinski definition) is 3. The molecule has 0 saturated carbocycles. The molecule has 0 unspecified atom stereocenters. The standard InChI is InChI=1S/C19H17Cl2N3O3/c1-11(25)22-13-5-7-14(8-6-13)23-19(27)12-9-17(26)24(10-12)16-4-2-3-15(20)18(16)21/h2-8,12H,9-10H2,1H3,(H,22,25)(H,23,27)/t12-/m1/s1. The van der Waals surface area contributed by atoms with Crippen molar-refractivity contribution in [1.82, 2.24) is 0 Å². The lowest BCUT2D eigenvalue weighted by atomic mass is 10.1. The molecule has 0 spiro atoms. The zero-order valence-electron chi connectivity index (χ0n) is 14.5. The molecule has 2 N–H and O–H groups in total. The Hall–Kier alpha value is -2.57. The Kier molecular flexibility index (Phi) is 5.68. The summed E-state index contributed by atoms with van der Waals surface area (Å²) in [7, 11) is 0. The number of nitrogens with zero attached hydrogens (tertiary/aromatic N) is 1. The van der Waals surface area contributed by atoms with E-state index in [9.17, 15) is 14.4 Å². The predicted octanol–water partition coefficient (Wildman–Crippen LogP) is 3.94. The van der Waals surface area contributed by atoms with E-state index in [0.29, 0.717) is 27.1 Å². The Morgan fingerprint density at radius 3 is 2.30 bits per heavy atom. The Bertz CT molecular complexity index is 900. The Morgan fingerprint density at radius 1 is 1.04 bits per heavy atom. The lowest BCUT2D eigenvalue weighted by molar-refractivity contribution is -0.122. The molecule has 1 fully saturated rings. The molecule has 1 atom stereocenters. The van der Waals surface area contributed by atoms with Crippen LogP contribution in [0.1, 0.15) is 13.3 Å². The highest BCUT2D eigenvalue weighted by molar-refractivity contribution is 6.44. The molecule has 2 aromatic rings. The third-order valence-corrected chi connectivity index (χ3v) is 5.00. The summed E-state index contributed by atoms with van der Waals surface area (Å²) in [5.74, 6) is -1.10. The van der Waals surface area contributed by atoms with Gasteiger partial charge in [-0.3, -0.25) is 14.4 Å². The first-order valence-corrected chi connectivity index (χ1v) is 9.03. The Labute approximate surface area is 166 Å². The van der Waals surface area contributed by atoms with E-state index in [4.69, 9.17) is 23.2 Å². The number of benzene rings is 2. The average molecular weight is 406 g/mol. The Morgan fingerprint density at radius 2 is 1.67 bits per heavy atom. The fourth-order valence-corrected chi connectivity index (χ4v) is 3.30. The molecule has 3 amide bonds. The van der Waals surface area contributed by atoms with Gasteiger partial charge in [0.15, 0.2) is 0 Å². The van der Waals surface area contributed by atoms with Gasteiger partial charge in [-0.05, 0) is 36.4 Å². The molecule has 0 radical (unpaired) electrons. The van der Waals surface area contributed by atoms with Crippen LogP contribution in [0.25, 0.3) is 0 Å². The van der Waals surface area contributed by atoms with Crippen molar-refractivity contribution >= 4 is 58.0 Å². The lowest BCUT2D eigenvalue weighted by Gasteiger charge is -2.18. The van der Waals surface area contributed by atoms with Crippen molar-refractivity contribution in [3.63, 3.8) is 0 Å². The molecule has 0 aliphatic carbocycles. The highest BCUT2D eigenvalue weighted by Crippen LogP contribution is 2.35. The third-order valence-electron chi connectivity index (χ3n) is 4.19. The van der Waals surface area contributed by atoms with E-state index >= 15 is 0 Å². The molecular formula is C19H17Cl2N3O3. The smallest absolute Gasteiger partial charge is 0.229 e. The minimum Gasteiger partial charge on any atom is -0.326 e. The average Bonchev–Trinajstić information content (AvgIpc) is 3.00. The first-order chi connectivity index (χ1) is 12.8. The number of nitrogens with one attached hydrogen (secondary N) is 2. The summed E-state index contributed by atoms with van der Waals surface area (Å²) in [6, 6.07) is 11.8. The number of hydrogen-bond donors (Lipinski definition) is 2. The molecule has 0 bridgehead atoms. The molecular weight excluding hydrogens is 389 g/mol. The summed E-state index contributed by atoms with van der Waals surface area (Å²) in [5, 5.41) is 6.10. The number of halogens is 2. The van der Waals surface area contributed by atoms with Crippen LogP contribution in [0.5, 0.6) is 0 Å². The fourth-order valence-electron chi connectivity index (χ4n) is 2.90. The number of rotatable bonds is 4. The van der Waals surface area contributed by atoms with Gasteiger partial charge < -0.3 is 15.5 Å². The van der Waals surface area contributed by atoms with E-state index in [-0.39, 0.29) is 30.7 Å². The maximum atomic E-state index is 12.5. The van der Waals surface area contributed by atoms with Crippen molar-refractivity contribution in [2.24, 2.45) is 5.92 Å². The number of anilines is 3. The summed E-state index contributed by atoms with van der Waals surface area (Å²) in [6.45, 7) is 1.65. The summed E-state index contributed by atoms with van der Waals surface area (Å²) in [5.41, 5.74) is 1.73. The van der Waals surface area contributed by atoms with Gasteiger partial charge in [0.1, 0.15) is 0 Å². The van der Waals surface area contributed by atoms with Crippen LogP contribution in [0.4, 0.5) is 17.1 Å². The van der Waals surface area contributed by atoms with Gasteiger partial charge in [-0.15, -0.1) is 0 Å². The van der Waals surface area contributed by atoms with Crippen LogP contribution >= 0.6 is 23.2 Å². The van der Waals surface area contributed by atoms with E-state index in [0.717, 1.165) is 0 Å². The van der Waals surface area contributed by atoms with Gasteiger partial charge in [0.05, 0.1) is 21.7 Å². The van der Waals surface area contributed by atoms with Crippen LogP contribution in [0, 0.1) is 5.92 Å². The van der Waals surface area contributed by atoms with E-state index in [2.05, 4.69) is 10.6 Å². The van der Waals surface area contributed by atoms with E-state index in [1.165, 1.54) is 11.8 Å². The van der Waals surface area contributed by atoms with Gasteiger partial charge in [0.2, 0.25) is 17.7 Å². The van der Waals surface area contributed by atoms with Crippen molar-refractivity contribution in [3.05, 3.63) is 52.5 Å². The van der Waals surface area contributed by atoms with Gasteiger partial charge >= 0.3 is 0 Å². The third kappa shape index (κ3) is 4.40. The van der Waals surface area contributed by atoms with Crippen LogP contribution in [-0.4, -0.2) is 24.3 Å². The molecule has 27 heavy (non-hydrogen) atoms. The number of amides is 3. The van der Waals surface area contributed by atoms with Crippen LogP contribution in [0.3, 0.4) is 0 Å². The largest absolute Gasteiger partial charge is 0.326 e. The molecule has 140 valence electrons. The van der Waals surface area contributed by atoms with Crippen molar-refractivity contribution in [1.29, 1.82) is 0 Å². The topological polar surface area (TPSA) is 78.5 Å². The number of carbonyl (C=O) groups excluding carboxylic acids is 3. The summed E-state index contributed by atoms with van der Waals surface area (Å²) in [6.07, 6.45) is 0.0959. The highest BCUT2D eigenvalue weighted by atomic mass is 35.5. The first-order valence-electron chi connectivity index (χ1n) is 8.28. The van der Waals surface area contributed by atoms with E-state index < -0.39 is 5.92 Å². The van der Waals surface area contributed by atoms with Gasteiger partial charge in [0, 0.05) is 31.3 Å².